The number of amides is 1. The van der Waals surface area contributed by atoms with Crippen LogP contribution in [0.5, 0.6) is 5.75 Å². The standard InChI is InChI=1S/C25H32F2N4O3/c26-22-16-21(17-23(27)24(22)30-12-10-29-11-13-30)33-14-15-34-25(32)31(20-6-8-28-9-7-20)18-19-4-2-1-3-5-19/h1-5,16-17,20,28-29H,6-15,18H2. The number of halogens is 2. The van der Waals surface area contributed by atoms with Gasteiger partial charge >= 0.3 is 6.09 Å². The molecule has 7 nitrogen and oxygen atoms in total. The molecule has 4 rings (SSSR count). The van der Waals surface area contributed by atoms with Crippen LogP contribution in [0.1, 0.15) is 18.4 Å². The number of rotatable bonds is 8. The first-order valence-electron chi connectivity index (χ1n) is 11.9. The van der Waals surface area contributed by atoms with Crippen LogP contribution >= 0.6 is 0 Å². The molecule has 0 spiro atoms. The lowest BCUT2D eigenvalue weighted by Gasteiger charge is -2.34. The molecule has 0 radical (unpaired) electrons. The largest absolute Gasteiger partial charge is 0.490 e. The Bertz CT molecular complexity index is 912. The van der Waals surface area contributed by atoms with Crippen molar-refractivity contribution in [2.24, 2.45) is 0 Å². The van der Waals surface area contributed by atoms with Gasteiger partial charge < -0.3 is 29.9 Å². The third-order valence-corrected chi connectivity index (χ3v) is 6.18. The number of anilines is 1. The predicted octanol–water partition coefficient (Wildman–Crippen LogP) is 3.14. The number of benzene rings is 2. The van der Waals surface area contributed by atoms with Crippen molar-refractivity contribution >= 4 is 11.8 Å². The van der Waals surface area contributed by atoms with Gasteiger partial charge in [-0.05, 0) is 31.5 Å². The molecule has 2 N–H and O–H groups in total. The van der Waals surface area contributed by atoms with Crippen LogP contribution in [0.4, 0.5) is 19.3 Å². The number of piperazine rings is 1. The monoisotopic (exact) mass is 474 g/mol. The molecular weight excluding hydrogens is 442 g/mol. The third-order valence-electron chi connectivity index (χ3n) is 6.18. The first kappa shape index (κ1) is 24.2. The highest BCUT2D eigenvalue weighted by Gasteiger charge is 2.27. The molecule has 2 aromatic rings. The van der Waals surface area contributed by atoms with E-state index in [4.69, 9.17) is 9.47 Å². The van der Waals surface area contributed by atoms with Gasteiger partial charge in [0.25, 0.3) is 0 Å². The van der Waals surface area contributed by atoms with E-state index in [1.165, 1.54) is 12.1 Å². The maximum Gasteiger partial charge on any atom is 0.410 e. The number of nitrogens with one attached hydrogen (secondary N) is 2. The molecule has 2 saturated heterocycles. The van der Waals surface area contributed by atoms with E-state index in [0.717, 1.165) is 31.5 Å². The number of hydrogen-bond acceptors (Lipinski definition) is 6. The predicted molar refractivity (Wildman–Crippen MR) is 126 cm³/mol. The molecule has 184 valence electrons. The SMILES string of the molecule is O=C(OCCOc1cc(F)c(N2CCNCC2)c(F)c1)N(Cc1ccccc1)C1CCNCC1. The average Bonchev–Trinajstić information content (AvgIpc) is 2.86. The summed E-state index contributed by atoms with van der Waals surface area (Å²) in [5.41, 5.74) is 1.00. The molecule has 2 aromatic carbocycles. The smallest absolute Gasteiger partial charge is 0.410 e. The summed E-state index contributed by atoms with van der Waals surface area (Å²) in [6, 6.07) is 12.3. The van der Waals surface area contributed by atoms with E-state index in [1.54, 1.807) is 9.80 Å². The summed E-state index contributed by atoms with van der Waals surface area (Å²) >= 11 is 0. The summed E-state index contributed by atoms with van der Waals surface area (Å²) in [7, 11) is 0. The normalized spacial score (nSPS) is 16.8. The van der Waals surface area contributed by atoms with Crippen molar-refractivity contribution in [1.82, 2.24) is 15.5 Å². The minimum Gasteiger partial charge on any atom is -0.490 e. The molecule has 34 heavy (non-hydrogen) atoms. The van der Waals surface area contributed by atoms with Crippen molar-refractivity contribution in [3.63, 3.8) is 0 Å². The Morgan fingerprint density at radius 1 is 0.971 bits per heavy atom. The van der Waals surface area contributed by atoms with E-state index in [0.29, 0.717) is 32.7 Å². The zero-order valence-electron chi connectivity index (χ0n) is 19.3. The minimum absolute atomic E-state index is 0.00298. The fourth-order valence-electron chi connectivity index (χ4n) is 4.43. The van der Waals surface area contributed by atoms with Gasteiger partial charge in [-0.3, -0.25) is 0 Å². The van der Waals surface area contributed by atoms with Crippen molar-refractivity contribution < 1.29 is 23.0 Å². The van der Waals surface area contributed by atoms with Gasteiger partial charge in [0.15, 0.2) is 11.6 Å². The van der Waals surface area contributed by atoms with Crippen molar-refractivity contribution in [3.8, 4) is 5.75 Å². The van der Waals surface area contributed by atoms with Crippen molar-refractivity contribution in [2.45, 2.75) is 25.4 Å². The lowest BCUT2D eigenvalue weighted by atomic mass is 10.0. The van der Waals surface area contributed by atoms with Crippen LogP contribution in [-0.4, -0.2) is 69.5 Å². The van der Waals surface area contributed by atoms with Crippen molar-refractivity contribution in [2.75, 3.05) is 57.4 Å². The zero-order chi connectivity index (χ0) is 23.8. The average molecular weight is 475 g/mol. The molecular formula is C25H32F2N4O3. The van der Waals surface area contributed by atoms with E-state index in [2.05, 4.69) is 10.6 Å². The summed E-state index contributed by atoms with van der Waals surface area (Å²) < 4.78 is 40.1. The number of nitrogens with zero attached hydrogens (tertiary/aromatic N) is 2. The van der Waals surface area contributed by atoms with E-state index in [9.17, 15) is 13.6 Å². The topological polar surface area (TPSA) is 66.1 Å². The second-order valence-corrected chi connectivity index (χ2v) is 8.53. The summed E-state index contributed by atoms with van der Waals surface area (Å²) in [6.45, 7) is 4.61. The lowest BCUT2D eigenvalue weighted by molar-refractivity contribution is 0.0650. The van der Waals surface area contributed by atoms with Gasteiger partial charge in [-0.2, -0.15) is 0 Å². The van der Waals surface area contributed by atoms with Gasteiger partial charge in [-0.1, -0.05) is 30.3 Å². The highest BCUT2D eigenvalue weighted by Crippen LogP contribution is 2.28. The van der Waals surface area contributed by atoms with Crippen LogP contribution in [0.15, 0.2) is 42.5 Å². The first-order valence-corrected chi connectivity index (χ1v) is 11.9. The van der Waals surface area contributed by atoms with E-state index in [-0.39, 0.29) is 30.7 Å². The van der Waals surface area contributed by atoms with Gasteiger partial charge in [0.05, 0.1) is 0 Å². The molecule has 0 aromatic heterocycles. The maximum absolute atomic E-state index is 14.6. The summed E-state index contributed by atoms with van der Waals surface area (Å²) in [4.78, 5) is 16.3. The lowest BCUT2D eigenvalue weighted by Crippen LogP contribution is -2.46. The molecule has 0 saturated carbocycles. The van der Waals surface area contributed by atoms with E-state index in [1.807, 2.05) is 30.3 Å². The molecule has 2 aliphatic rings. The Labute approximate surface area is 199 Å². The highest BCUT2D eigenvalue weighted by atomic mass is 19.1. The Balaban J connectivity index is 1.31. The third kappa shape index (κ3) is 6.36. The van der Waals surface area contributed by atoms with Crippen LogP contribution in [-0.2, 0) is 11.3 Å². The Morgan fingerprint density at radius 3 is 2.29 bits per heavy atom. The van der Waals surface area contributed by atoms with Gasteiger partial charge in [-0.15, -0.1) is 0 Å². The summed E-state index contributed by atoms with van der Waals surface area (Å²) in [6.07, 6.45) is 1.30. The molecule has 9 heteroatoms. The molecule has 0 aliphatic carbocycles. The minimum atomic E-state index is -0.658. The Hall–Kier alpha value is -2.91. The highest BCUT2D eigenvalue weighted by molar-refractivity contribution is 5.68. The zero-order valence-corrected chi connectivity index (χ0v) is 19.3. The number of carbonyl (C=O) groups is 1. The van der Waals surface area contributed by atoms with E-state index < -0.39 is 17.7 Å². The molecule has 0 atom stereocenters. The fourth-order valence-corrected chi connectivity index (χ4v) is 4.43. The number of piperidine rings is 1. The first-order chi connectivity index (χ1) is 16.6. The second-order valence-electron chi connectivity index (χ2n) is 8.53. The van der Waals surface area contributed by atoms with Crippen LogP contribution in [0.2, 0.25) is 0 Å². The summed E-state index contributed by atoms with van der Waals surface area (Å²) in [5, 5.41) is 6.47. The van der Waals surface area contributed by atoms with Crippen LogP contribution in [0, 0.1) is 11.6 Å². The molecule has 2 heterocycles. The van der Waals surface area contributed by atoms with E-state index >= 15 is 0 Å². The van der Waals surface area contributed by atoms with Crippen LogP contribution in [0.3, 0.4) is 0 Å². The summed E-state index contributed by atoms with van der Waals surface area (Å²) in [5.74, 6) is -1.24. The second kappa shape index (κ2) is 12.0. The van der Waals surface area contributed by atoms with Gasteiger partial charge in [-0.25, -0.2) is 13.6 Å². The van der Waals surface area contributed by atoms with Gasteiger partial charge in [0.1, 0.15) is 24.7 Å². The number of ether oxygens (including phenoxy) is 2. The number of carbonyl (C=O) groups excluding carboxylic acids is 1. The molecule has 0 unspecified atom stereocenters. The van der Waals surface area contributed by atoms with Crippen molar-refractivity contribution in [1.29, 1.82) is 0 Å². The fraction of sp³-hybridized carbons (Fsp3) is 0.480. The molecule has 2 fully saturated rings. The van der Waals surface area contributed by atoms with Crippen LogP contribution in [0.25, 0.3) is 0 Å². The molecule has 1 amide bonds. The molecule has 0 bridgehead atoms. The van der Waals surface area contributed by atoms with Crippen molar-refractivity contribution in [3.05, 3.63) is 59.7 Å². The quantitative estimate of drug-likeness (QED) is 0.573. The molecule has 2 aliphatic heterocycles. The Kier molecular flexibility index (Phi) is 8.54. The van der Waals surface area contributed by atoms with Gasteiger partial charge in [0.2, 0.25) is 0 Å². The van der Waals surface area contributed by atoms with Crippen LogP contribution < -0.4 is 20.3 Å². The number of hydrogen-bond donors (Lipinski definition) is 2. The maximum atomic E-state index is 14.6. The van der Waals surface area contributed by atoms with Gasteiger partial charge in [0, 0.05) is 50.9 Å². The Morgan fingerprint density at radius 2 is 1.62 bits per heavy atom.